The molecular formula is C40H38IrN2OS-2. The van der Waals surface area contributed by atoms with Crippen LogP contribution < -0.4 is 0 Å². The van der Waals surface area contributed by atoms with E-state index in [2.05, 4.69) is 87.1 Å². The monoisotopic (exact) mass is 790 g/mol. The fourth-order valence-electron chi connectivity index (χ4n) is 5.48. The summed E-state index contributed by atoms with van der Waals surface area (Å²) >= 11 is 1.78. The van der Waals surface area contributed by atoms with Gasteiger partial charge in [-0.05, 0) is 79.7 Å². The number of rotatable bonds is 2. The zero-order chi connectivity index (χ0) is 33.8. The van der Waals surface area contributed by atoms with Gasteiger partial charge >= 0.3 is 0 Å². The Kier molecular flexibility index (Phi) is 8.09. The summed E-state index contributed by atoms with van der Waals surface area (Å²) in [6, 6.07) is 24.9. The van der Waals surface area contributed by atoms with Crippen molar-refractivity contribution in [3.05, 3.63) is 117 Å². The largest absolute Gasteiger partial charge is 0.500 e. The molecule has 0 atom stereocenters. The van der Waals surface area contributed by atoms with Crippen LogP contribution in [0.4, 0.5) is 0 Å². The average Bonchev–Trinajstić information content (AvgIpc) is 3.54. The van der Waals surface area contributed by atoms with Crippen LogP contribution in [-0.2, 0) is 25.5 Å². The number of fused-ring (bicyclic) bond motifs is 5. The molecule has 231 valence electrons. The Morgan fingerprint density at radius 2 is 1.53 bits per heavy atom. The first-order valence-corrected chi connectivity index (χ1v) is 15.6. The smallest absolute Gasteiger partial charge is 0.129 e. The van der Waals surface area contributed by atoms with Crippen LogP contribution in [0.15, 0.2) is 71.4 Å². The molecule has 0 aliphatic heterocycles. The number of benzene rings is 3. The molecular weight excluding hydrogens is 749 g/mol. The van der Waals surface area contributed by atoms with Crippen molar-refractivity contribution in [1.29, 1.82) is 0 Å². The second kappa shape index (κ2) is 12.6. The minimum atomic E-state index is -2.22. The molecule has 4 heterocycles. The van der Waals surface area contributed by atoms with Crippen molar-refractivity contribution in [2.24, 2.45) is 0 Å². The van der Waals surface area contributed by atoms with Crippen molar-refractivity contribution in [2.75, 3.05) is 0 Å². The van der Waals surface area contributed by atoms with E-state index in [0.717, 1.165) is 49.7 Å². The topological polar surface area (TPSA) is 38.9 Å². The first-order chi connectivity index (χ1) is 22.1. The van der Waals surface area contributed by atoms with Crippen LogP contribution in [0.5, 0.6) is 0 Å². The molecule has 0 amide bonds. The van der Waals surface area contributed by atoms with Crippen molar-refractivity contribution in [2.45, 2.75) is 67.7 Å². The van der Waals surface area contributed by atoms with Crippen LogP contribution in [-0.4, -0.2) is 9.97 Å². The summed E-state index contributed by atoms with van der Waals surface area (Å²) in [4.78, 5) is 10.2. The number of nitrogens with zero attached hydrogens (tertiary/aromatic N) is 2. The summed E-state index contributed by atoms with van der Waals surface area (Å²) in [6.45, 7) is 14.4. The molecule has 0 unspecified atom stereocenters. The molecule has 45 heavy (non-hydrogen) atoms. The van der Waals surface area contributed by atoms with Crippen LogP contribution in [0.1, 0.15) is 63.1 Å². The van der Waals surface area contributed by atoms with E-state index in [9.17, 15) is 0 Å². The molecule has 0 bridgehead atoms. The fourth-order valence-corrected chi connectivity index (χ4v) is 6.55. The third-order valence-corrected chi connectivity index (χ3v) is 9.49. The zero-order valence-electron chi connectivity index (χ0n) is 29.9. The summed E-state index contributed by atoms with van der Waals surface area (Å²) in [5.41, 5.74) is 10.8. The van der Waals surface area contributed by atoms with E-state index in [1.807, 2.05) is 51.2 Å². The Labute approximate surface area is 288 Å². The molecule has 0 saturated carbocycles. The van der Waals surface area contributed by atoms with Crippen molar-refractivity contribution in [3.63, 3.8) is 0 Å². The van der Waals surface area contributed by atoms with Gasteiger partial charge in [-0.25, -0.2) is 0 Å². The molecule has 3 aromatic carbocycles. The SMILES string of the molecule is Cc1c[c-]c(-c2cc(C)c(C)cn2)cc1.[2H]C([2H])([2H])c1cnc(-c2[c-]ccc3c2oc2c3ccc3sc(C)c(C)c32)cc1C(C)(C)C.[Ir]. The van der Waals surface area contributed by atoms with Gasteiger partial charge < -0.3 is 14.4 Å². The van der Waals surface area contributed by atoms with Gasteiger partial charge in [0, 0.05) is 57.0 Å². The average molecular weight is 790 g/mol. The molecule has 0 N–H and O–H groups in total. The van der Waals surface area contributed by atoms with Gasteiger partial charge in [0.2, 0.25) is 0 Å². The molecule has 7 aromatic rings. The van der Waals surface area contributed by atoms with Crippen LogP contribution in [0, 0.1) is 53.6 Å². The summed E-state index contributed by atoms with van der Waals surface area (Å²) in [7, 11) is 0. The van der Waals surface area contributed by atoms with Crippen molar-refractivity contribution < 1.29 is 28.6 Å². The molecule has 0 aliphatic rings. The second-order valence-electron chi connectivity index (χ2n) is 12.6. The Morgan fingerprint density at radius 3 is 2.22 bits per heavy atom. The summed E-state index contributed by atoms with van der Waals surface area (Å²) in [5.74, 6) is 0. The molecule has 0 aliphatic carbocycles. The van der Waals surface area contributed by atoms with Gasteiger partial charge in [-0.2, -0.15) is 0 Å². The van der Waals surface area contributed by atoms with E-state index in [1.165, 1.54) is 38.0 Å². The van der Waals surface area contributed by atoms with Gasteiger partial charge in [0.1, 0.15) is 5.58 Å². The summed E-state index contributed by atoms with van der Waals surface area (Å²) in [5, 5.41) is 3.24. The zero-order valence-corrected chi connectivity index (χ0v) is 30.1. The molecule has 4 aromatic heterocycles. The number of hydrogen-bond donors (Lipinski definition) is 0. The van der Waals surface area contributed by atoms with Gasteiger partial charge in [0.05, 0.1) is 5.58 Å². The van der Waals surface area contributed by atoms with Crippen molar-refractivity contribution in [1.82, 2.24) is 9.97 Å². The minimum absolute atomic E-state index is 0. The Bertz CT molecular complexity index is 2280. The van der Waals surface area contributed by atoms with Gasteiger partial charge in [-0.3, -0.25) is 0 Å². The second-order valence-corrected chi connectivity index (χ2v) is 13.9. The predicted molar refractivity (Wildman–Crippen MR) is 187 cm³/mol. The standard InChI is InChI=1S/C26H24NOS.C14H14N.Ir/c1-14-13-27-21(12-20(14)26(4,5)6)19-9-7-8-17-18-10-11-22-23(15(2)16(3)29-22)25(18)28-24(17)19;1-10-4-6-13(7-5-10)14-8-11(2)12(3)9-15-14;/h7-8,10-13H,1-6H3;4-6,8-9H,1-3H3;/q2*-1;/i1D3;;. The molecule has 1 radical (unpaired) electrons. The normalized spacial score (nSPS) is 12.8. The molecule has 7 rings (SSSR count). The van der Waals surface area contributed by atoms with Crippen molar-refractivity contribution >= 4 is 43.4 Å². The predicted octanol–water partition coefficient (Wildman–Crippen LogP) is 11.4. The molecule has 0 spiro atoms. The third-order valence-electron chi connectivity index (χ3n) is 8.31. The van der Waals surface area contributed by atoms with Crippen LogP contribution in [0.2, 0.25) is 0 Å². The summed E-state index contributed by atoms with van der Waals surface area (Å²) < 4.78 is 31.5. The number of hydrogen-bond acceptors (Lipinski definition) is 4. The van der Waals surface area contributed by atoms with E-state index < -0.39 is 6.85 Å². The Morgan fingerprint density at radius 1 is 0.800 bits per heavy atom. The van der Waals surface area contributed by atoms with Gasteiger partial charge in [0.25, 0.3) is 0 Å². The number of furan rings is 1. The number of pyridine rings is 2. The van der Waals surface area contributed by atoms with Gasteiger partial charge in [0.15, 0.2) is 0 Å². The number of thiophene rings is 1. The molecule has 3 nitrogen and oxygen atoms in total. The van der Waals surface area contributed by atoms with E-state index >= 15 is 0 Å². The number of aryl methyl sites for hydroxylation is 6. The Balaban J connectivity index is 0.000000237. The third kappa shape index (κ3) is 6.27. The van der Waals surface area contributed by atoms with E-state index in [-0.39, 0.29) is 31.1 Å². The minimum Gasteiger partial charge on any atom is -0.500 e. The fraction of sp³-hybridized carbons (Fsp3) is 0.250. The molecule has 0 fully saturated rings. The van der Waals surface area contributed by atoms with Crippen LogP contribution in [0.25, 0.3) is 54.5 Å². The van der Waals surface area contributed by atoms with Crippen LogP contribution >= 0.6 is 11.3 Å². The maximum atomic E-state index is 7.94. The maximum absolute atomic E-state index is 7.94. The quantitative estimate of drug-likeness (QED) is 0.164. The Hall–Kier alpha value is -3.63. The van der Waals surface area contributed by atoms with Gasteiger partial charge in [-0.1, -0.05) is 62.4 Å². The summed E-state index contributed by atoms with van der Waals surface area (Å²) in [6.07, 6.45) is 3.40. The number of aromatic nitrogens is 2. The molecule has 5 heteroatoms. The molecule has 0 saturated heterocycles. The first kappa shape index (κ1) is 28.8. The van der Waals surface area contributed by atoms with E-state index in [1.54, 1.807) is 11.3 Å². The van der Waals surface area contributed by atoms with Gasteiger partial charge in [-0.15, -0.1) is 64.9 Å². The van der Waals surface area contributed by atoms with Crippen LogP contribution in [0.3, 0.4) is 0 Å². The first-order valence-electron chi connectivity index (χ1n) is 16.3. The van der Waals surface area contributed by atoms with E-state index in [0.29, 0.717) is 5.69 Å². The van der Waals surface area contributed by atoms with E-state index in [4.69, 9.17) is 8.53 Å². The van der Waals surface area contributed by atoms with Crippen molar-refractivity contribution in [3.8, 4) is 22.5 Å². The maximum Gasteiger partial charge on any atom is 0.129 e.